The molecule has 0 fully saturated rings. The Bertz CT molecular complexity index is 732. The smallest absolute Gasteiger partial charge is 0.224 e. The number of nitrogens with zero attached hydrogens (tertiary/aromatic N) is 2. The van der Waals surface area contributed by atoms with Gasteiger partial charge in [0.25, 0.3) is 0 Å². The van der Waals surface area contributed by atoms with E-state index in [9.17, 15) is 8.42 Å². The third-order valence-corrected chi connectivity index (χ3v) is 4.18. The van der Waals surface area contributed by atoms with Crippen molar-refractivity contribution in [2.45, 2.75) is 11.4 Å². The summed E-state index contributed by atoms with van der Waals surface area (Å²) in [5, 5.41) is 6.34. The highest BCUT2D eigenvalue weighted by molar-refractivity contribution is 7.90. The van der Waals surface area contributed by atoms with Crippen LogP contribution in [0.25, 0.3) is 0 Å². The lowest BCUT2D eigenvalue weighted by Crippen LogP contribution is -2.05. The molecule has 21 heavy (non-hydrogen) atoms. The molecular weight excluding hydrogens is 312 g/mol. The predicted octanol–water partition coefficient (Wildman–Crippen LogP) is 2.19. The molecule has 2 aromatic rings. The maximum atomic E-state index is 11.4. The van der Waals surface area contributed by atoms with E-state index in [1.165, 1.54) is 12.5 Å². The van der Waals surface area contributed by atoms with Gasteiger partial charge in [-0.2, -0.15) is 4.98 Å². The van der Waals surface area contributed by atoms with E-state index in [0.717, 1.165) is 5.56 Å². The molecule has 0 amide bonds. The summed E-state index contributed by atoms with van der Waals surface area (Å²) >= 11 is 6.01. The van der Waals surface area contributed by atoms with E-state index in [0.29, 0.717) is 28.2 Å². The maximum absolute atomic E-state index is 11.4. The Morgan fingerprint density at radius 1 is 1.24 bits per heavy atom. The highest BCUT2D eigenvalue weighted by atomic mass is 35.5. The molecule has 0 bridgehead atoms. The van der Waals surface area contributed by atoms with Gasteiger partial charge in [-0.15, -0.1) is 0 Å². The molecule has 0 spiro atoms. The van der Waals surface area contributed by atoms with Crippen molar-refractivity contribution >= 4 is 33.2 Å². The van der Waals surface area contributed by atoms with Crippen LogP contribution in [0.1, 0.15) is 5.56 Å². The number of benzene rings is 1. The molecule has 1 aromatic heterocycles. The number of hydrogen-bond acceptors (Lipinski definition) is 6. The van der Waals surface area contributed by atoms with Crippen LogP contribution in [0.3, 0.4) is 0 Å². The Balaban J connectivity index is 2.10. The van der Waals surface area contributed by atoms with Gasteiger partial charge in [0.2, 0.25) is 5.95 Å². The van der Waals surface area contributed by atoms with Gasteiger partial charge in [-0.3, -0.25) is 0 Å². The lowest BCUT2D eigenvalue weighted by Gasteiger charge is -2.09. The normalized spacial score (nSPS) is 11.2. The second-order valence-electron chi connectivity index (χ2n) is 4.41. The molecule has 6 nitrogen and oxygen atoms in total. The number of sulfone groups is 1. The van der Waals surface area contributed by atoms with Gasteiger partial charge in [0.05, 0.1) is 11.1 Å². The van der Waals surface area contributed by atoms with E-state index in [2.05, 4.69) is 20.6 Å². The fourth-order valence-electron chi connectivity index (χ4n) is 1.65. The highest BCUT2D eigenvalue weighted by Gasteiger charge is 2.07. The first kappa shape index (κ1) is 15.5. The standard InChI is InChI=1S/C13H15ClN4O2S/c1-15-13-17-8-11(14)12(18-13)16-7-9-3-5-10(6-4-9)21(2,19)20/h3-6,8H,7H2,1-2H3,(H2,15,16,17,18). The lowest BCUT2D eigenvalue weighted by atomic mass is 10.2. The van der Waals surface area contributed by atoms with Crippen LogP contribution < -0.4 is 10.6 Å². The second-order valence-corrected chi connectivity index (χ2v) is 6.83. The minimum absolute atomic E-state index is 0.295. The predicted molar refractivity (Wildman–Crippen MR) is 83.5 cm³/mol. The monoisotopic (exact) mass is 326 g/mol. The number of halogens is 1. The fourth-order valence-corrected chi connectivity index (χ4v) is 2.44. The molecule has 0 saturated carbocycles. The maximum Gasteiger partial charge on any atom is 0.224 e. The Labute approximate surface area is 128 Å². The quantitative estimate of drug-likeness (QED) is 0.876. The van der Waals surface area contributed by atoms with Crippen molar-refractivity contribution in [3.8, 4) is 0 Å². The van der Waals surface area contributed by atoms with Crippen molar-refractivity contribution in [2.75, 3.05) is 23.9 Å². The van der Waals surface area contributed by atoms with Crippen LogP contribution in [-0.4, -0.2) is 31.7 Å². The molecule has 1 heterocycles. The molecule has 8 heteroatoms. The van der Waals surface area contributed by atoms with Crippen molar-refractivity contribution in [1.29, 1.82) is 0 Å². The Hall–Kier alpha value is -1.86. The van der Waals surface area contributed by atoms with Crippen LogP contribution in [0.4, 0.5) is 11.8 Å². The van der Waals surface area contributed by atoms with Crippen LogP contribution in [0.15, 0.2) is 35.4 Å². The minimum atomic E-state index is -3.17. The summed E-state index contributed by atoms with van der Waals surface area (Å²) in [5.74, 6) is 0.984. The van der Waals surface area contributed by atoms with E-state index < -0.39 is 9.84 Å². The van der Waals surface area contributed by atoms with Crippen LogP contribution in [0, 0.1) is 0 Å². The van der Waals surface area contributed by atoms with Crippen molar-refractivity contribution in [3.05, 3.63) is 41.0 Å². The van der Waals surface area contributed by atoms with Gasteiger partial charge in [-0.05, 0) is 17.7 Å². The molecule has 1 aromatic carbocycles. The lowest BCUT2D eigenvalue weighted by molar-refractivity contribution is 0.602. The first-order chi connectivity index (χ1) is 9.90. The molecule has 0 unspecified atom stereocenters. The third-order valence-electron chi connectivity index (χ3n) is 2.78. The summed E-state index contributed by atoms with van der Waals surface area (Å²) in [6, 6.07) is 6.65. The average Bonchev–Trinajstić information content (AvgIpc) is 2.46. The summed E-state index contributed by atoms with van der Waals surface area (Å²) in [5.41, 5.74) is 0.920. The molecular formula is C13H15ClN4O2S. The van der Waals surface area contributed by atoms with Crippen LogP contribution in [-0.2, 0) is 16.4 Å². The topological polar surface area (TPSA) is 84.0 Å². The summed E-state index contributed by atoms with van der Waals surface area (Å²) < 4.78 is 22.8. The van der Waals surface area contributed by atoms with Crippen molar-refractivity contribution < 1.29 is 8.42 Å². The first-order valence-corrected chi connectivity index (χ1v) is 8.40. The van der Waals surface area contributed by atoms with Crippen LogP contribution in [0.2, 0.25) is 5.02 Å². The third kappa shape index (κ3) is 4.05. The van der Waals surface area contributed by atoms with Gasteiger partial charge in [0.15, 0.2) is 15.7 Å². The van der Waals surface area contributed by atoms with E-state index in [-0.39, 0.29) is 0 Å². The number of rotatable bonds is 5. The zero-order chi connectivity index (χ0) is 15.5. The summed E-state index contributed by atoms with van der Waals surface area (Å²) in [7, 11) is -1.45. The van der Waals surface area contributed by atoms with Crippen LogP contribution >= 0.6 is 11.6 Å². The van der Waals surface area contributed by atoms with E-state index in [4.69, 9.17) is 11.6 Å². The van der Waals surface area contributed by atoms with E-state index in [1.807, 2.05) is 0 Å². The number of anilines is 2. The molecule has 0 aliphatic rings. The summed E-state index contributed by atoms with van der Waals surface area (Å²) in [6.45, 7) is 0.476. The molecule has 0 aliphatic heterocycles. The second kappa shape index (κ2) is 6.28. The van der Waals surface area contributed by atoms with Crippen molar-refractivity contribution in [2.24, 2.45) is 0 Å². The van der Waals surface area contributed by atoms with Gasteiger partial charge >= 0.3 is 0 Å². The molecule has 112 valence electrons. The summed E-state index contributed by atoms with van der Waals surface area (Å²) in [4.78, 5) is 8.49. The molecule has 2 N–H and O–H groups in total. The Morgan fingerprint density at radius 2 is 1.90 bits per heavy atom. The molecule has 0 atom stereocenters. The van der Waals surface area contributed by atoms with Gasteiger partial charge in [-0.25, -0.2) is 13.4 Å². The highest BCUT2D eigenvalue weighted by Crippen LogP contribution is 2.20. The van der Waals surface area contributed by atoms with Gasteiger partial charge in [0, 0.05) is 19.8 Å². The Kier molecular flexibility index (Phi) is 4.64. The number of nitrogens with one attached hydrogen (secondary N) is 2. The summed E-state index contributed by atoms with van der Waals surface area (Å²) in [6.07, 6.45) is 2.69. The number of hydrogen-bond donors (Lipinski definition) is 2. The van der Waals surface area contributed by atoms with Gasteiger partial charge in [0.1, 0.15) is 5.02 Å². The van der Waals surface area contributed by atoms with E-state index >= 15 is 0 Å². The Morgan fingerprint density at radius 3 is 2.48 bits per heavy atom. The SMILES string of the molecule is CNc1ncc(Cl)c(NCc2ccc(S(C)(=O)=O)cc2)n1. The molecule has 2 rings (SSSR count). The van der Waals surface area contributed by atoms with Crippen molar-refractivity contribution in [1.82, 2.24) is 9.97 Å². The van der Waals surface area contributed by atoms with Crippen molar-refractivity contribution in [3.63, 3.8) is 0 Å². The minimum Gasteiger partial charge on any atom is -0.365 e. The van der Waals surface area contributed by atoms with Crippen LogP contribution in [0.5, 0.6) is 0 Å². The molecule has 0 aliphatic carbocycles. The van der Waals surface area contributed by atoms with E-state index in [1.54, 1.807) is 31.3 Å². The molecule has 0 saturated heterocycles. The zero-order valence-corrected chi connectivity index (χ0v) is 13.2. The molecule has 0 radical (unpaired) electrons. The van der Waals surface area contributed by atoms with Gasteiger partial charge in [-0.1, -0.05) is 23.7 Å². The largest absolute Gasteiger partial charge is 0.365 e. The average molecular weight is 327 g/mol. The number of aromatic nitrogens is 2. The van der Waals surface area contributed by atoms with Gasteiger partial charge < -0.3 is 10.6 Å². The zero-order valence-electron chi connectivity index (χ0n) is 11.6. The first-order valence-electron chi connectivity index (χ1n) is 6.13. The fraction of sp³-hybridized carbons (Fsp3) is 0.231.